The number of hydrogen-bond acceptors (Lipinski definition) is 5. The average Bonchev–Trinajstić information content (AvgIpc) is 2.85. The van der Waals surface area contributed by atoms with E-state index in [0.717, 1.165) is 11.3 Å². The van der Waals surface area contributed by atoms with Crippen molar-refractivity contribution in [3.8, 4) is 0 Å². The van der Waals surface area contributed by atoms with Gasteiger partial charge in [0.25, 0.3) is 17.4 Å². The average molecular weight is 441 g/mol. The molecule has 0 saturated heterocycles. The van der Waals surface area contributed by atoms with E-state index in [1.807, 2.05) is 60.7 Å². The van der Waals surface area contributed by atoms with Crippen molar-refractivity contribution in [2.24, 2.45) is 0 Å². The normalized spacial score (nSPS) is 10.6. The van der Waals surface area contributed by atoms with Gasteiger partial charge in [-0.2, -0.15) is 5.10 Å². The van der Waals surface area contributed by atoms with E-state index in [0.29, 0.717) is 10.8 Å². The van der Waals surface area contributed by atoms with Crippen LogP contribution in [0.1, 0.15) is 16.1 Å². The first-order valence-corrected chi connectivity index (χ1v) is 10.4. The molecule has 0 unspecified atom stereocenters. The first-order chi connectivity index (χ1) is 16.0. The van der Waals surface area contributed by atoms with Crippen LogP contribution in [0.4, 0.5) is 5.69 Å². The first-order valence-electron chi connectivity index (χ1n) is 10.4. The maximum absolute atomic E-state index is 12.9. The van der Waals surface area contributed by atoms with E-state index in [9.17, 15) is 14.4 Å². The smallest absolute Gasteiger partial charge is 0.290 e. The van der Waals surface area contributed by atoms with Gasteiger partial charge >= 0.3 is 0 Å². The molecule has 0 aliphatic heterocycles. The molecule has 0 saturated carbocycles. The van der Waals surface area contributed by atoms with E-state index in [-0.39, 0.29) is 24.3 Å². The van der Waals surface area contributed by atoms with Gasteiger partial charge in [0.05, 0.1) is 18.5 Å². The second kappa shape index (κ2) is 9.78. The van der Waals surface area contributed by atoms with E-state index in [1.54, 1.807) is 36.2 Å². The van der Waals surface area contributed by atoms with Crippen LogP contribution in [0.25, 0.3) is 10.8 Å². The fourth-order valence-electron chi connectivity index (χ4n) is 3.48. The molecule has 33 heavy (non-hydrogen) atoms. The van der Waals surface area contributed by atoms with E-state index in [2.05, 4.69) is 16.0 Å². The fraction of sp³-hybridized carbons (Fsp3) is 0.120. The summed E-state index contributed by atoms with van der Waals surface area (Å²) in [5.41, 5.74) is 6.35. The molecule has 0 aliphatic carbocycles. The van der Waals surface area contributed by atoms with Gasteiger partial charge in [-0.25, -0.2) is 4.68 Å². The van der Waals surface area contributed by atoms with Gasteiger partial charge in [-0.05, 0) is 23.8 Å². The Morgan fingerprint density at radius 2 is 1.45 bits per heavy atom. The van der Waals surface area contributed by atoms with Crippen molar-refractivity contribution in [2.75, 3.05) is 18.5 Å². The summed E-state index contributed by atoms with van der Waals surface area (Å²) in [6.45, 7) is 0.269. The fourth-order valence-corrected chi connectivity index (χ4v) is 3.48. The number of anilines is 1. The molecule has 2 amide bonds. The number of hydrogen-bond donors (Lipinski definition) is 2. The number of benzene rings is 3. The molecule has 4 aromatic rings. The van der Waals surface area contributed by atoms with Gasteiger partial charge < -0.3 is 4.90 Å². The molecule has 1 aromatic heterocycles. The Kier molecular flexibility index (Phi) is 6.45. The van der Waals surface area contributed by atoms with Crippen LogP contribution in [-0.4, -0.2) is 35.2 Å². The number of likely N-dealkylation sites (N-methyl/N-ethyl adjacent to an activating group) is 1. The summed E-state index contributed by atoms with van der Waals surface area (Å²) < 4.78 is 1.26. The van der Waals surface area contributed by atoms with E-state index >= 15 is 0 Å². The summed E-state index contributed by atoms with van der Waals surface area (Å²) in [6, 6.07) is 25.6. The minimum Gasteiger partial charge on any atom is -0.365 e. The number of rotatable bonds is 6. The molecule has 0 aliphatic rings. The van der Waals surface area contributed by atoms with Crippen LogP contribution in [0.3, 0.4) is 0 Å². The third-order valence-corrected chi connectivity index (χ3v) is 5.15. The minimum absolute atomic E-state index is 0.0476. The zero-order valence-electron chi connectivity index (χ0n) is 18.1. The predicted octanol–water partition coefficient (Wildman–Crippen LogP) is 2.34. The van der Waals surface area contributed by atoms with Crippen molar-refractivity contribution < 1.29 is 9.59 Å². The number of fused-ring (bicyclic) bond motifs is 1. The van der Waals surface area contributed by atoms with E-state index < -0.39 is 11.8 Å². The highest BCUT2D eigenvalue weighted by molar-refractivity contribution is 6.05. The lowest BCUT2D eigenvalue weighted by Crippen LogP contribution is -2.46. The maximum Gasteiger partial charge on any atom is 0.290 e. The second-order valence-electron chi connectivity index (χ2n) is 7.54. The third-order valence-electron chi connectivity index (χ3n) is 5.15. The summed E-state index contributed by atoms with van der Waals surface area (Å²) >= 11 is 0. The standard InChI is InChI=1S/C25H23N5O3/c1-29(19-12-6-3-7-13-19)17-22(31)26-27-24(32)23-20-14-8-9-15-21(20)25(33)30(28-23)16-18-10-4-2-5-11-18/h2-15H,16-17H2,1H3,(H,26,31)(H,27,32). The molecule has 2 N–H and O–H groups in total. The van der Waals surface area contributed by atoms with Crippen LogP contribution in [-0.2, 0) is 11.3 Å². The highest BCUT2D eigenvalue weighted by Crippen LogP contribution is 2.14. The summed E-state index contributed by atoms with van der Waals surface area (Å²) in [6.07, 6.45) is 0. The SMILES string of the molecule is CN(CC(=O)NNC(=O)c1nn(Cc2ccccc2)c(=O)c2ccccc12)c1ccccc1. The zero-order valence-corrected chi connectivity index (χ0v) is 18.1. The Bertz CT molecular complexity index is 1340. The number of hydrazine groups is 1. The largest absolute Gasteiger partial charge is 0.365 e. The Hall–Kier alpha value is -4.46. The van der Waals surface area contributed by atoms with Crippen molar-refractivity contribution in [3.05, 3.63) is 107 Å². The summed E-state index contributed by atoms with van der Waals surface area (Å²) in [5, 5.41) is 5.11. The van der Waals surface area contributed by atoms with Gasteiger partial charge in [0, 0.05) is 18.1 Å². The molecule has 166 valence electrons. The quantitative estimate of drug-likeness (QED) is 0.448. The van der Waals surface area contributed by atoms with Crippen LogP contribution in [0, 0.1) is 0 Å². The molecule has 0 radical (unpaired) electrons. The zero-order chi connectivity index (χ0) is 23.2. The number of carbonyl (C=O) groups excluding carboxylic acids is 2. The lowest BCUT2D eigenvalue weighted by atomic mass is 10.1. The molecule has 0 bridgehead atoms. The van der Waals surface area contributed by atoms with Crippen molar-refractivity contribution >= 4 is 28.3 Å². The Balaban J connectivity index is 1.53. The molecule has 0 fully saturated rings. The van der Waals surface area contributed by atoms with Gasteiger partial charge in [-0.1, -0.05) is 66.7 Å². The van der Waals surface area contributed by atoms with Gasteiger partial charge in [0.1, 0.15) is 0 Å². The number of para-hydroxylation sites is 1. The number of nitrogens with zero attached hydrogens (tertiary/aromatic N) is 3. The van der Waals surface area contributed by atoms with Crippen LogP contribution >= 0.6 is 0 Å². The summed E-state index contributed by atoms with van der Waals surface area (Å²) in [4.78, 5) is 39.9. The summed E-state index contributed by atoms with van der Waals surface area (Å²) in [7, 11) is 1.78. The molecular formula is C25H23N5O3. The lowest BCUT2D eigenvalue weighted by molar-refractivity contribution is -0.120. The van der Waals surface area contributed by atoms with Crippen molar-refractivity contribution in [3.63, 3.8) is 0 Å². The number of carbonyl (C=O) groups is 2. The highest BCUT2D eigenvalue weighted by atomic mass is 16.2. The van der Waals surface area contributed by atoms with Crippen LogP contribution in [0.5, 0.6) is 0 Å². The molecular weight excluding hydrogens is 418 g/mol. The van der Waals surface area contributed by atoms with E-state index in [4.69, 9.17) is 0 Å². The molecule has 8 heteroatoms. The molecule has 8 nitrogen and oxygen atoms in total. The highest BCUT2D eigenvalue weighted by Gasteiger charge is 2.18. The predicted molar refractivity (Wildman–Crippen MR) is 127 cm³/mol. The molecule has 1 heterocycles. The Morgan fingerprint density at radius 3 is 2.15 bits per heavy atom. The molecule has 3 aromatic carbocycles. The van der Waals surface area contributed by atoms with Crippen LogP contribution in [0.15, 0.2) is 89.7 Å². The lowest BCUT2D eigenvalue weighted by Gasteiger charge is -2.18. The first kappa shape index (κ1) is 21.8. The summed E-state index contributed by atoms with van der Waals surface area (Å²) in [5.74, 6) is -1.000. The van der Waals surface area contributed by atoms with E-state index in [1.165, 1.54) is 4.68 Å². The molecule has 4 rings (SSSR count). The Labute approximate surface area is 190 Å². The van der Waals surface area contributed by atoms with Gasteiger partial charge in [-0.3, -0.25) is 25.2 Å². The Morgan fingerprint density at radius 1 is 0.848 bits per heavy atom. The van der Waals surface area contributed by atoms with Crippen LogP contribution in [0.2, 0.25) is 0 Å². The maximum atomic E-state index is 12.9. The third kappa shape index (κ3) is 5.07. The van der Waals surface area contributed by atoms with Crippen LogP contribution < -0.4 is 21.3 Å². The van der Waals surface area contributed by atoms with Gasteiger partial charge in [-0.15, -0.1) is 0 Å². The van der Waals surface area contributed by atoms with Crippen molar-refractivity contribution in [2.45, 2.75) is 6.54 Å². The molecule has 0 atom stereocenters. The minimum atomic E-state index is -0.608. The van der Waals surface area contributed by atoms with Gasteiger partial charge in [0.15, 0.2) is 5.69 Å². The van der Waals surface area contributed by atoms with Crippen molar-refractivity contribution in [1.29, 1.82) is 0 Å². The van der Waals surface area contributed by atoms with Gasteiger partial charge in [0.2, 0.25) is 0 Å². The topological polar surface area (TPSA) is 96.3 Å². The molecule has 0 spiro atoms. The number of aromatic nitrogens is 2. The number of amides is 2. The second-order valence-corrected chi connectivity index (χ2v) is 7.54. The van der Waals surface area contributed by atoms with Crippen molar-refractivity contribution in [1.82, 2.24) is 20.6 Å². The monoisotopic (exact) mass is 441 g/mol. The number of nitrogens with one attached hydrogen (secondary N) is 2.